The Labute approximate surface area is 165 Å². The third-order valence-corrected chi connectivity index (χ3v) is 5.20. The summed E-state index contributed by atoms with van der Waals surface area (Å²) in [5, 5.41) is 0. The Hall–Kier alpha value is -3.33. The molecule has 1 heterocycles. The fraction of sp³-hybridized carbons (Fsp3) is 0.160. The van der Waals surface area contributed by atoms with Crippen molar-refractivity contribution < 1.29 is 0 Å². The second-order valence-electron chi connectivity index (χ2n) is 7.36. The summed E-state index contributed by atoms with van der Waals surface area (Å²) in [6, 6.07) is 24.6. The molecule has 0 fully saturated rings. The number of benzene rings is 3. The first-order valence-corrected chi connectivity index (χ1v) is 9.46. The summed E-state index contributed by atoms with van der Waals surface area (Å²) in [7, 11) is 1.85. The van der Waals surface area contributed by atoms with Gasteiger partial charge in [-0.2, -0.15) is 0 Å². The summed E-state index contributed by atoms with van der Waals surface area (Å²) in [6.45, 7) is 4.40. The Balaban J connectivity index is 1.76. The SMILES string of the molecule is CN=C(/C=C/c1cccc2nc3ccccc3nc12)C(C)(C)c1ccccc1. The number of fused-ring (bicyclic) bond motifs is 2. The van der Waals surface area contributed by atoms with Gasteiger partial charge in [-0.15, -0.1) is 0 Å². The zero-order valence-electron chi connectivity index (χ0n) is 16.4. The van der Waals surface area contributed by atoms with Crippen molar-refractivity contribution in [1.29, 1.82) is 0 Å². The number of aromatic nitrogens is 2. The summed E-state index contributed by atoms with van der Waals surface area (Å²) in [5.41, 5.74) is 6.75. The van der Waals surface area contributed by atoms with Crippen molar-refractivity contribution in [3.05, 3.63) is 90.0 Å². The van der Waals surface area contributed by atoms with Gasteiger partial charge >= 0.3 is 0 Å². The van der Waals surface area contributed by atoms with E-state index in [1.54, 1.807) is 0 Å². The number of para-hydroxylation sites is 3. The van der Waals surface area contributed by atoms with Crippen LogP contribution in [0.5, 0.6) is 0 Å². The maximum Gasteiger partial charge on any atom is 0.0966 e. The van der Waals surface area contributed by atoms with Gasteiger partial charge in [-0.05, 0) is 29.8 Å². The van der Waals surface area contributed by atoms with Crippen LogP contribution < -0.4 is 0 Å². The topological polar surface area (TPSA) is 38.1 Å². The van der Waals surface area contributed by atoms with E-state index in [1.807, 2.05) is 49.5 Å². The lowest BCUT2D eigenvalue weighted by Crippen LogP contribution is -2.27. The van der Waals surface area contributed by atoms with Crippen LogP contribution in [0.4, 0.5) is 0 Å². The molecule has 0 amide bonds. The molecule has 3 nitrogen and oxygen atoms in total. The quantitative estimate of drug-likeness (QED) is 0.336. The molecule has 0 radical (unpaired) electrons. The number of hydrogen-bond donors (Lipinski definition) is 0. The molecule has 3 aromatic carbocycles. The first kappa shape index (κ1) is 18.1. The molecule has 4 aromatic rings. The largest absolute Gasteiger partial charge is 0.292 e. The van der Waals surface area contributed by atoms with Crippen molar-refractivity contribution in [2.45, 2.75) is 19.3 Å². The average Bonchev–Trinajstić information content (AvgIpc) is 2.73. The molecule has 1 aromatic heterocycles. The number of hydrogen-bond acceptors (Lipinski definition) is 3. The average molecular weight is 365 g/mol. The second kappa shape index (κ2) is 7.35. The summed E-state index contributed by atoms with van der Waals surface area (Å²) in [4.78, 5) is 14.2. The Morgan fingerprint density at radius 3 is 2.14 bits per heavy atom. The highest BCUT2D eigenvalue weighted by atomic mass is 14.8. The van der Waals surface area contributed by atoms with E-state index in [4.69, 9.17) is 9.97 Å². The predicted molar refractivity (Wildman–Crippen MR) is 119 cm³/mol. The molecule has 0 saturated carbocycles. The van der Waals surface area contributed by atoms with Gasteiger partial charge < -0.3 is 0 Å². The summed E-state index contributed by atoms with van der Waals surface area (Å²) < 4.78 is 0. The third-order valence-electron chi connectivity index (χ3n) is 5.20. The van der Waals surface area contributed by atoms with E-state index in [0.717, 1.165) is 33.3 Å². The second-order valence-corrected chi connectivity index (χ2v) is 7.36. The normalized spacial score (nSPS) is 12.9. The molecule has 138 valence electrons. The molecule has 0 aliphatic rings. The predicted octanol–water partition coefficient (Wildman–Crippen LogP) is 5.84. The standard InChI is InChI=1S/C25H23N3/c1-25(2,19-11-5-4-6-12-19)23(26-3)17-16-18-10-9-15-22-24(18)28-21-14-8-7-13-20(21)27-22/h4-17H,1-3H3/b17-16+,26-23?. The zero-order valence-corrected chi connectivity index (χ0v) is 16.4. The van der Waals surface area contributed by atoms with Crippen molar-refractivity contribution in [3.63, 3.8) is 0 Å². The van der Waals surface area contributed by atoms with Crippen LogP contribution >= 0.6 is 0 Å². The van der Waals surface area contributed by atoms with E-state index >= 15 is 0 Å². The number of aliphatic imine (C=N–C) groups is 1. The molecular formula is C25H23N3. The molecular weight excluding hydrogens is 342 g/mol. The van der Waals surface area contributed by atoms with Gasteiger partial charge in [-0.3, -0.25) is 4.99 Å². The first-order chi connectivity index (χ1) is 13.6. The Kier molecular flexibility index (Phi) is 4.74. The van der Waals surface area contributed by atoms with Gasteiger partial charge in [0.1, 0.15) is 0 Å². The first-order valence-electron chi connectivity index (χ1n) is 9.46. The van der Waals surface area contributed by atoms with Crippen LogP contribution in [0.1, 0.15) is 25.0 Å². The van der Waals surface area contributed by atoms with Gasteiger partial charge in [-0.1, -0.05) is 74.5 Å². The molecule has 0 aliphatic heterocycles. The highest BCUT2D eigenvalue weighted by Gasteiger charge is 2.24. The van der Waals surface area contributed by atoms with Crippen molar-refractivity contribution in [2.75, 3.05) is 7.05 Å². The maximum absolute atomic E-state index is 4.85. The smallest absolute Gasteiger partial charge is 0.0966 e. The lowest BCUT2D eigenvalue weighted by atomic mass is 9.79. The van der Waals surface area contributed by atoms with E-state index in [-0.39, 0.29) is 5.41 Å². The molecule has 0 saturated heterocycles. The van der Waals surface area contributed by atoms with Crippen molar-refractivity contribution >= 4 is 33.9 Å². The van der Waals surface area contributed by atoms with E-state index in [2.05, 4.69) is 61.3 Å². The highest BCUT2D eigenvalue weighted by molar-refractivity contribution is 6.06. The summed E-state index contributed by atoms with van der Waals surface area (Å²) in [6.07, 6.45) is 4.19. The Bertz CT molecular complexity index is 1190. The molecule has 0 unspecified atom stereocenters. The van der Waals surface area contributed by atoms with Crippen LogP contribution in [0.3, 0.4) is 0 Å². The van der Waals surface area contributed by atoms with E-state index in [9.17, 15) is 0 Å². The van der Waals surface area contributed by atoms with Crippen molar-refractivity contribution in [1.82, 2.24) is 9.97 Å². The third kappa shape index (κ3) is 3.31. The molecule has 28 heavy (non-hydrogen) atoms. The summed E-state index contributed by atoms with van der Waals surface area (Å²) in [5.74, 6) is 0. The number of nitrogens with zero attached hydrogens (tertiary/aromatic N) is 3. The van der Waals surface area contributed by atoms with E-state index < -0.39 is 0 Å². The summed E-state index contributed by atoms with van der Waals surface area (Å²) >= 11 is 0. The van der Waals surface area contributed by atoms with Crippen LogP contribution in [0.15, 0.2) is 83.9 Å². The van der Waals surface area contributed by atoms with Crippen LogP contribution in [0.25, 0.3) is 28.1 Å². The van der Waals surface area contributed by atoms with E-state index in [0.29, 0.717) is 0 Å². The van der Waals surface area contributed by atoms with Crippen LogP contribution in [0.2, 0.25) is 0 Å². The highest BCUT2D eigenvalue weighted by Crippen LogP contribution is 2.27. The fourth-order valence-corrected chi connectivity index (χ4v) is 3.53. The molecule has 4 rings (SSSR count). The molecule has 3 heteroatoms. The molecule has 0 aliphatic carbocycles. The lowest BCUT2D eigenvalue weighted by molar-refractivity contribution is 0.719. The van der Waals surface area contributed by atoms with Gasteiger partial charge in [-0.25, -0.2) is 9.97 Å². The molecule has 0 N–H and O–H groups in total. The Morgan fingerprint density at radius 2 is 1.43 bits per heavy atom. The van der Waals surface area contributed by atoms with E-state index in [1.165, 1.54) is 5.56 Å². The number of rotatable bonds is 4. The van der Waals surface area contributed by atoms with Crippen molar-refractivity contribution in [2.24, 2.45) is 4.99 Å². The lowest BCUT2D eigenvalue weighted by Gasteiger charge is -2.25. The minimum atomic E-state index is -0.185. The fourth-order valence-electron chi connectivity index (χ4n) is 3.53. The minimum Gasteiger partial charge on any atom is -0.292 e. The van der Waals surface area contributed by atoms with Gasteiger partial charge in [0, 0.05) is 23.7 Å². The van der Waals surface area contributed by atoms with Gasteiger partial charge in [0.15, 0.2) is 0 Å². The monoisotopic (exact) mass is 365 g/mol. The van der Waals surface area contributed by atoms with Crippen molar-refractivity contribution in [3.8, 4) is 0 Å². The number of allylic oxidation sites excluding steroid dienone is 1. The zero-order chi connectivity index (χ0) is 19.6. The van der Waals surface area contributed by atoms with Gasteiger partial charge in [0.05, 0.1) is 22.1 Å². The van der Waals surface area contributed by atoms with Gasteiger partial charge in [0.25, 0.3) is 0 Å². The molecule has 0 bridgehead atoms. The van der Waals surface area contributed by atoms with Gasteiger partial charge in [0.2, 0.25) is 0 Å². The van der Waals surface area contributed by atoms with Crippen LogP contribution in [-0.2, 0) is 5.41 Å². The van der Waals surface area contributed by atoms with Crippen LogP contribution in [0, 0.1) is 0 Å². The Morgan fingerprint density at radius 1 is 0.786 bits per heavy atom. The molecule has 0 spiro atoms. The van der Waals surface area contributed by atoms with Crippen LogP contribution in [-0.4, -0.2) is 22.7 Å². The minimum absolute atomic E-state index is 0.185. The maximum atomic E-state index is 4.85. The molecule has 0 atom stereocenters.